The molecule has 2 atom stereocenters. The first kappa shape index (κ1) is 18.7. The molecular weight excluding hydrogens is 396 g/mol. The van der Waals surface area contributed by atoms with Crippen molar-refractivity contribution in [2.24, 2.45) is 5.92 Å². The molecule has 1 aromatic carbocycles. The lowest BCUT2D eigenvalue weighted by molar-refractivity contribution is -0.181. The maximum absolute atomic E-state index is 13.4. The Morgan fingerprint density at radius 2 is 1.88 bits per heavy atom. The van der Waals surface area contributed by atoms with Crippen LogP contribution in [0, 0.1) is 5.92 Å². The zero-order valence-electron chi connectivity index (χ0n) is 13.8. The number of hydrogen-bond acceptors (Lipinski definition) is 4. The van der Waals surface area contributed by atoms with Crippen LogP contribution in [0.1, 0.15) is 37.7 Å². The largest absolute Gasteiger partial charge is 0.460 e. The topological polar surface area (TPSA) is 58.6 Å². The van der Waals surface area contributed by atoms with Gasteiger partial charge in [0.25, 0.3) is 5.92 Å². The third-order valence-corrected chi connectivity index (χ3v) is 5.69. The van der Waals surface area contributed by atoms with Crippen molar-refractivity contribution in [2.45, 2.75) is 49.7 Å². The van der Waals surface area contributed by atoms with E-state index in [0.29, 0.717) is 31.5 Å². The first-order valence-electron chi connectivity index (χ1n) is 8.59. The zero-order valence-corrected chi connectivity index (χ0v) is 15.4. The Morgan fingerprint density at radius 1 is 1.24 bits per heavy atom. The van der Waals surface area contributed by atoms with Crippen LogP contribution in [0.15, 0.2) is 28.7 Å². The van der Waals surface area contributed by atoms with Gasteiger partial charge in [0, 0.05) is 23.2 Å². The smallest absolute Gasteiger partial charge is 0.343 e. The molecule has 3 rings (SSSR count). The molecule has 0 radical (unpaired) electrons. The molecule has 4 nitrogen and oxygen atoms in total. The van der Waals surface area contributed by atoms with Crippen LogP contribution in [0.4, 0.5) is 8.78 Å². The van der Waals surface area contributed by atoms with Gasteiger partial charge in [-0.25, -0.2) is 13.6 Å². The highest BCUT2D eigenvalue weighted by molar-refractivity contribution is 9.10. The Balaban J connectivity index is 1.85. The third-order valence-electron chi connectivity index (χ3n) is 5.16. The lowest BCUT2D eigenvalue weighted by atomic mass is 9.76. The molecule has 2 aliphatic rings. The molecule has 0 aromatic heterocycles. The molecule has 1 aliphatic heterocycles. The van der Waals surface area contributed by atoms with Crippen LogP contribution in [0.3, 0.4) is 0 Å². The minimum absolute atomic E-state index is 0.126. The Hall–Kier alpha value is -1.05. The number of alkyl halides is 2. The summed E-state index contributed by atoms with van der Waals surface area (Å²) in [5.74, 6) is -3.93. The van der Waals surface area contributed by atoms with Crippen LogP contribution in [0.25, 0.3) is 0 Å². The van der Waals surface area contributed by atoms with Gasteiger partial charge in [-0.3, -0.25) is 0 Å². The second-order valence-electron chi connectivity index (χ2n) is 6.92. The van der Waals surface area contributed by atoms with E-state index in [0.717, 1.165) is 4.47 Å². The average molecular weight is 418 g/mol. The molecule has 1 aromatic rings. The molecule has 0 spiro atoms. The van der Waals surface area contributed by atoms with E-state index in [2.05, 4.69) is 21.2 Å². The summed E-state index contributed by atoms with van der Waals surface area (Å²) in [5, 5.41) is 14.6. The van der Waals surface area contributed by atoms with Crippen molar-refractivity contribution >= 4 is 21.9 Å². The van der Waals surface area contributed by atoms with Gasteiger partial charge in [0.2, 0.25) is 0 Å². The minimum atomic E-state index is -2.80. The normalized spacial score (nSPS) is 26.2. The van der Waals surface area contributed by atoms with Gasteiger partial charge in [0.15, 0.2) is 5.60 Å². The van der Waals surface area contributed by atoms with Crippen LogP contribution in [-0.2, 0) is 15.1 Å². The number of rotatable bonds is 4. The van der Waals surface area contributed by atoms with Crippen molar-refractivity contribution in [2.75, 3.05) is 13.1 Å². The summed E-state index contributed by atoms with van der Waals surface area (Å²) in [5.41, 5.74) is -1.38. The van der Waals surface area contributed by atoms with Gasteiger partial charge < -0.3 is 15.2 Å². The molecule has 0 amide bonds. The number of hydrogen-bond donors (Lipinski definition) is 2. The Morgan fingerprint density at radius 3 is 2.44 bits per heavy atom. The van der Waals surface area contributed by atoms with Crippen molar-refractivity contribution in [1.82, 2.24) is 5.32 Å². The quantitative estimate of drug-likeness (QED) is 0.737. The molecular formula is C18H22BrF2NO3. The van der Waals surface area contributed by atoms with Gasteiger partial charge in [-0.05, 0) is 50.0 Å². The van der Waals surface area contributed by atoms with E-state index in [1.165, 1.54) is 0 Å². The van der Waals surface area contributed by atoms with Gasteiger partial charge in [-0.15, -0.1) is 0 Å². The maximum atomic E-state index is 13.4. The number of carbonyl (C=O) groups excluding carboxylic acids is 1. The first-order valence-corrected chi connectivity index (χ1v) is 9.38. The van der Waals surface area contributed by atoms with Crippen molar-refractivity contribution in [3.63, 3.8) is 0 Å². The van der Waals surface area contributed by atoms with Crippen molar-refractivity contribution in [3.05, 3.63) is 34.3 Å². The fourth-order valence-corrected chi connectivity index (χ4v) is 3.98. The lowest BCUT2D eigenvalue weighted by Crippen LogP contribution is -2.49. The fourth-order valence-electron chi connectivity index (χ4n) is 3.72. The highest BCUT2D eigenvalue weighted by Crippen LogP contribution is 2.40. The van der Waals surface area contributed by atoms with Crippen LogP contribution in [0.5, 0.6) is 0 Å². The molecule has 1 saturated carbocycles. The summed E-state index contributed by atoms with van der Waals surface area (Å²) >= 11 is 3.34. The number of halogens is 3. The predicted octanol–water partition coefficient (Wildman–Crippen LogP) is 3.37. The van der Waals surface area contributed by atoms with Gasteiger partial charge in [-0.1, -0.05) is 28.1 Å². The molecule has 0 bridgehead atoms. The van der Waals surface area contributed by atoms with E-state index in [4.69, 9.17) is 4.74 Å². The molecule has 2 fully saturated rings. The van der Waals surface area contributed by atoms with E-state index in [1.54, 1.807) is 24.3 Å². The highest BCUT2D eigenvalue weighted by Gasteiger charge is 2.49. The summed E-state index contributed by atoms with van der Waals surface area (Å²) in [6.45, 7) is 1.39. The number of esters is 1. The lowest BCUT2D eigenvalue weighted by Gasteiger charge is -2.37. The number of piperidine rings is 1. The molecule has 138 valence electrons. The van der Waals surface area contributed by atoms with Gasteiger partial charge in [-0.2, -0.15) is 0 Å². The van der Waals surface area contributed by atoms with Gasteiger partial charge in [0.05, 0.1) is 0 Å². The van der Waals surface area contributed by atoms with E-state index in [1.807, 2.05) is 0 Å². The summed E-state index contributed by atoms with van der Waals surface area (Å²) in [6, 6.07) is 6.85. The highest BCUT2D eigenvalue weighted by atomic mass is 79.9. The second-order valence-corrected chi connectivity index (χ2v) is 7.84. The van der Waals surface area contributed by atoms with E-state index >= 15 is 0 Å². The maximum Gasteiger partial charge on any atom is 0.343 e. The Labute approximate surface area is 154 Å². The molecule has 25 heavy (non-hydrogen) atoms. The molecule has 1 aliphatic carbocycles. The van der Waals surface area contributed by atoms with Gasteiger partial charge in [0.1, 0.15) is 6.10 Å². The zero-order chi connectivity index (χ0) is 18.1. The summed E-state index contributed by atoms with van der Waals surface area (Å²) in [6.07, 6.45) is -0.242. The first-order chi connectivity index (χ1) is 11.8. The third kappa shape index (κ3) is 4.04. The SMILES string of the molecule is O=C(OC1CCC(F)(F)C1)C(O)(c1ccc(Br)cc1)C1CCNCC1. The molecule has 1 saturated heterocycles. The summed E-state index contributed by atoms with van der Waals surface area (Å²) < 4.78 is 33.0. The monoisotopic (exact) mass is 417 g/mol. The van der Waals surface area contributed by atoms with Crippen LogP contribution < -0.4 is 5.32 Å². The van der Waals surface area contributed by atoms with Crippen molar-refractivity contribution in [3.8, 4) is 0 Å². The molecule has 7 heteroatoms. The van der Waals surface area contributed by atoms with Gasteiger partial charge >= 0.3 is 5.97 Å². The van der Waals surface area contributed by atoms with Crippen LogP contribution >= 0.6 is 15.9 Å². The second kappa shape index (κ2) is 7.29. The Kier molecular flexibility index (Phi) is 5.46. The van der Waals surface area contributed by atoms with Crippen LogP contribution in [-0.4, -0.2) is 36.2 Å². The number of benzene rings is 1. The van der Waals surface area contributed by atoms with E-state index in [-0.39, 0.29) is 18.8 Å². The van der Waals surface area contributed by atoms with E-state index in [9.17, 15) is 18.7 Å². The summed E-state index contributed by atoms with van der Waals surface area (Å²) in [4.78, 5) is 12.9. The van der Waals surface area contributed by atoms with Crippen molar-refractivity contribution in [1.29, 1.82) is 0 Å². The van der Waals surface area contributed by atoms with E-state index < -0.39 is 30.0 Å². The number of carbonyl (C=O) groups is 1. The standard InChI is InChI=1S/C18H22BrF2NO3/c19-14-3-1-12(2-4-14)18(24,13-6-9-22-10-7-13)16(23)25-15-5-8-17(20,21)11-15/h1-4,13,15,22,24H,5-11H2. The number of aliphatic hydroxyl groups is 1. The number of nitrogens with one attached hydrogen (secondary N) is 1. The van der Waals surface area contributed by atoms with Crippen LogP contribution in [0.2, 0.25) is 0 Å². The molecule has 2 N–H and O–H groups in total. The Bertz CT molecular complexity index is 619. The minimum Gasteiger partial charge on any atom is -0.460 e. The molecule has 1 heterocycles. The van der Waals surface area contributed by atoms with Crippen molar-refractivity contribution < 1.29 is 23.4 Å². The number of ether oxygens (including phenoxy) is 1. The fraction of sp³-hybridized carbons (Fsp3) is 0.611. The average Bonchev–Trinajstić information content (AvgIpc) is 2.94. The predicted molar refractivity (Wildman–Crippen MR) is 92.3 cm³/mol. The molecule has 2 unspecified atom stereocenters. The summed E-state index contributed by atoms with van der Waals surface area (Å²) in [7, 11) is 0.